The lowest BCUT2D eigenvalue weighted by atomic mass is 10.2. The van der Waals surface area contributed by atoms with Crippen molar-refractivity contribution in [2.45, 2.75) is 12.5 Å². The van der Waals surface area contributed by atoms with E-state index in [0.717, 1.165) is 6.42 Å². The second kappa shape index (κ2) is 6.25. The lowest BCUT2D eigenvalue weighted by Crippen LogP contribution is -2.40. The Balaban J connectivity index is 2.42. The molecular weight excluding hydrogens is 290 g/mol. The van der Waals surface area contributed by atoms with Gasteiger partial charge >= 0.3 is 0 Å². The van der Waals surface area contributed by atoms with E-state index >= 15 is 0 Å². The normalized spacial score (nSPS) is 23.5. The largest absolute Gasteiger partial charge is 0.301 e. The molecule has 1 saturated heterocycles. The quantitative estimate of drug-likeness (QED) is 0.727. The standard InChI is InChI=1S/C10H25N3O4S2/c1-11(7-8-12(2)18(3,14)15)10-5-6-13(9-10)19(4,16)17/h10,14-15H,5-9H2,1-4H3. The van der Waals surface area contributed by atoms with Gasteiger partial charge in [0.15, 0.2) is 0 Å². The van der Waals surface area contributed by atoms with Crippen LogP contribution in [-0.4, -0.2) is 89.9 Å². The molecule has 19 heavy (non-hydrogen) atoms. The van der Waals surface area contributed by atoms with Gasteiger partial charge in [0.25, 0.3) is 0 Å². The Morgan fingerprint density at radius 2 is 1.79 bits per heavy atom. The van der Waals surface area contributed by atoms with Gasteiger partial charge in [0.05, 0.1) is 6.26 Å². The van der Waals surface area contributed by atoms with E-state index in [1.165, 1.54) is 21.1 Å². The molecule has 2 N–H and O–H groups in total. The number of nitrogens with zero attached hydrogens (tertiary/aromatic N) is 3. The van der Waals surface area contributed by atoms with Gasteiger partial charge in [-0.05, 0) is 13.5 Å². The first-order chi connectivity index (χ1) is 8.51. The van der Waals surface area contributed by atoms with Crippen molar-refractivity contribution < 1.29 is 17.5 Å². The molecule has 1 atom stereocenters. The first-order valence-electron chi connectivity index (χ1n) is 6.11. The Labute approximate surface area is 117 Å². The number of sulfonamides is 1. The molecule has 9 heteroatoms. The van der Waals surface area contributed by atoms with Crippen molar-refractivity contribution in [3.8, 4) is 0 Å². The Hall–Kier alpha value is 0.1000. The van der Waals surface area contributed by atoms with Crippen LogP contribution in [0.15, 0.2) is 0 Å². The molecule has 116 valence electrons. The third-order valence-electron chi connectivity index (χ3n) is 3.58. The van der Waals surface area contributed by atoms with Crippen LogP contribution in [0.1, 0.15) is 6.42 Å². The monoisotopic (exact) mass is 315 g/mol. The molecule has 1 rings (SSSR count). The highest BCUT2D eigenvalue weighted by Crippen LogP contribution is 2.36. The van der Waals surface area contributed by atoms with Crippen molar-refractivity contribution >= 4 is 20.8 Å². The fraction of sp³-hybridized carbons (Fsp3) is 1.00. The van der Waals surface area contributed by atoms with Gasteiger partial charge in [0.2, 0.25) is 10.0 Å². The third kappa shape index (κ3) is 5.18. The summed E-state index contributed by atoms with van der Waals surface area (Å²) in [6.45, 7) is 2.28. The summed E-state index contributed by atoms with van der Waals surface area (Å²) in [5, 5.41) is 0. The fourth-order valence-corrected chi connectivity index (χ4v) is 3.33. The molecule has 0 bridgehead atoms. The zero-order valence-corrected chi connectivity index (χ0v) is 13.6. The smallest absolute Gasteiger partial charge is 0.211 e. The van der Waals surface area contributed by atoms with Crippen molar-refractivity contribution in [1.29, 1.82) is 0 Å². The molecular formula is C10H25N3O4S2. The molecule has 0 aromatic carbocycles. The number of hydrogen-bond donors (Lipinski definition) is 2. The summed E-state index contributed by atoms with van der Waals surface area (Å²) in [4.78, 5) is 2.08. The maximum atomic E-state index is 11.4. The molecule has 1 heterocycles. The third-order valence-corrected chi connectivity index (χ3v) is 6.21. The van der Waals surface area contributed by atoms with Crippen LogP contribution in [0.3, 0.4) is 0 Å². The van der Waals surface area contributed by atoms with Crippen LogP contribution in [0.2, 0.25) is 0 Å². The Morgan fingerprint density at radius 1 is 1.21 bits per heavy atom. The highest BCUT2D eigenvalue weighted by atomic mass is 32.3. The zero-order valence-electron chi connectivity index (χ0n) is 12.0. The topological polar surface area (TPSA) is 84.3 Å². The Morgan fingerprint density at radius 3 is 2.21 bits per heavy atom. The average molecular weight is 315 g/mol. The van der Waals surface area contributed by atoms with Gasteiger partial charge in [-0.3, -0.25) is 9.11 Å². The number of rotatable bonds is 6. The molecule has 1 aliphatic rings. The predicted molar refractivity (Wildman–Crippen MR) is 78.9 cm³/mol. The van der Waals surface area contributed by atoms with Crippen LogP contribution in [0, 0.1) is 0 Å². The maximum absolute atomic E-state index is 11.4. The molecule has 0 amide bonds. The van der Waals surface area contributed by atoms with Gasteiger partial charge < -0.3 is 4.90 Å². The van der Waals surface area contributed by atoms with Crippen LogP contribution in [0.25, 0.3) is 0 Å². The van der Waals surface area contributed by atoms with E-state index < -0.39 is 20.8 Å². The molecule has 0 aliphatic carbocycles. The second-order valence-electron chi connectivity index (χ2n) is 5.19. The zero-order chi connectivity index (χ0) is 14.8. The van der Waals surface area contributed by atoms with Crippen LogP contribution in [-0.2, 0) is 10.0 Å². The Kier molecular flexibility index (Phi) is 5.64. The molecule has 7 nitrogen and oxygen atoms in total. The molecule has 1 unspecified atom stereocenters. The molecule has 0 aromatic rings. The van der Waals surface area contributed by atoms with Crippen molar-refractivity contribution in [2.24, 2.45) is 0 Å². The summed E-state index contributed by atoms with van der Waals surface area (Å²) in [7, 11) is -2.16. The first kappa shape index (κ1) is 17.2. The van der Waals surface area contributed by atoms with Gasteiger partial charge in [-0.1, -0.05) is 0 Å². The minimum atomic E-state index is -3.10. The highest BCUT2D eigenvalue weighted by Gasteiger charge is 2.30. The fourth-order valence-electron chi connectivity index (χ4n) is 2.03. The van der Waals surface area contributed by atoms with E-state index in [1.807, 2.05) is 7.05 Å². The second-order valence-corrected chi connectivity index (χ2v) is 9.38. The van der Waals surface area contributed by atoms with Crippen LogP contribution in [0.4, 0.5) is 0 Å². The molecule has 1 aliphatic heterocycles. The van der Waals surface area contributed by atoms with Crippen molar-refractivity contribution in [1.82, 2.24) is 13.5 Å². The lowest BCUT2D eigenvalue weighted by molar-refractivity contribution is 0.233. The molecule has 1 fully saturated rings. The maximum Gasteiger partial charge on any atom is 0.211 e. The number of hydrogen-bond acceptors (Lipinski definition) is 6. The number of likely N-dealkylation sites (N-methyl/N-ethyl adjacent to an activating group) is 2. The van der Waals surface area contributed by atoms with Gasteiger partial charge in [-0.25, -0.2) is 17.0 Å². The summed E-state index contributed by atoms with van der Waals surface area (Å²) in [5.41, 5.74) is 0. The summed E-state index contributed by atoms with van der Waals surface area (Å²) in [6.07, 6.45) is 3.44. The van der Waals surface area contributed by atoms with Crippen molar-refractivity contribution in [3.63, 3.8) is 0 Å². The van der Waals surface area contributed by atoms with E-state index in [1.54, 1.807) is 7.05 Å². The SMILES string of the molecule is CN(CCN(C)S(C)(O)O)C1CCN(S(C)(=O)=O)C1. The summed E-state index contributed by atoms with van der Waals surface area (Å²) in [6, 6.07) is 0.196. The summed E-state index contributed by atoms with van der Waals surface area (Å²) in [5.74, 6) is 0. The molecule has 0 radical (unpaired) electrons. The minimum Gasteiger partial charge on any atom is -0.301 e. The van der Waals surface area contributed by atoms with Gasteiger partial charge in [0.1, 0.15) is 0 Å². The Bertz CT molecular complexity index is 396. The summed E-state index contributed by atoms with van der Waals surface area (Å²) >= 11 is 0. The van der Waals surface area contributed by atoms with Crippen molar-refractivity contribution in [3.05, 3.63) is 0 Å². The molecule has 0 aromatic heterocycles. The average Bonchev–Trinajstić information content (AvgIpc) is 2.72. The van der Waals surface area contributed by atoms with E-state index in [-0.39, 0.29) is 6.04 Å². The molecule has 0 spiro atoms. The van der Waals surface area contributed by atoms with E-state index in [9.17, 15) is 17.5 Å². The molecule has 0 saturated carbocycles. The van der Waals surface area contributed by atoms with Gasteiger partial charge in [0, 0.05) is 45.5 Å². The highest BCUT2D eigenvalue weighted by molar-refractivity contribution is 8.21. The van der Waals surface area contributed by atoms with E-state index in [4.69, 9.17) is 0 Å². The minimum absolute atomic E-state index is 0.196. The van der Waals surface area contributed by atoms with Crippen LogP contribution >= 0.6 is 10.8 Å². The van der Waals surface area contributed by atoms with Gasteiger partial charge in [-0.2, -0.15) is 0 Å². The summed E-state index contributed by atoms with van der Waals surface area (Å²) < 4.78 is 44.8. The van der Waals surface area contributed by atoms with Gasteiger partial charge in [-0.15, -0.1) is 10.8 Å². The van der Waals surface area contributed by atoms with Crippen LogP contribution in [0.5, 0.6) is 0 Å². The van der Waals surface area contributed by atoms with Crippen LogP contribution < -0.4 is 0 Å². The lowest BCUT2D eigenvalue weighted by Gasteiger charge is -2.38. The van der Waals surface area contributed by atoms with E-state index in [2.05, 4.69) is 4.90 Å². The van der Waals surface area contributed by atoms with E-state index in [0.29, 0.717) is 26.2 Å². The predicted octanol–water partition coefficient (Wildman–Crippen LogP) is 0.179. The first-order valence-corrected chi connectivity index (χ1v) is 9.87. The van der Waals surface area contributed by atoms with Crippen molar-refractivity contribution in [2.75, 3.05) is 52.8 Å².